The maximum Gasteiger partial charge on any atom is 0.258 e. The van der Waals surface area contributed by atoms with Crippen LogP contribution in [0.25, 0.3) is 5.95 Å². The highest BCUT2D eigenvalue weighted by Gasteiger charge is 2.27. The fraction of sp³-hybridized carbons (Fsp3) is 0.583. The molecule has 2 aromatic heterocycles. The van der Waals surface area contributed by atoms with Crippen LogP contribution >= 0.6 is 0 Å². The van der Waals surface area contributed by atoms with Crippen molar-refractivity contribution in [2.24, 2.45) is 5.92 Å². The van der Waals surface area contributed by atoms with E-state index in [1.54, 1.807) is 6.33 Å². The van der Waals surface area contributed by atoms with Crippen LogP contribution in [0.2, 0.25) is 0 Å². The molecule has 2 unspecified atom stereocenters. The van der Waals surface area contributed by atoms with E-state index in [9.17, 15) is 0 Å². The van der Waals surface area contributed by atoms with E-state index < -0.39 is 0 Å². The van der Waals surface area contributed by atoms with Gasteiger partial charge in [0, 0.05) is 12.6 Å². The average Bonchev–Trinajstić information content (AvgIpc) is 2.95. The van der Waals surface area contributed by atoms with E-state index in [1.165, 1.54) is 17.4 Å². The molecule has 2 atom stereocenters. The van der Waals surface area contributed by atoms with Gasteiger partial charge in [-0.3, -0.25) is 0 Å². The van der Waals surface area contributed by atoms with Gasteiger partial charge in [-0.25, -0.2) is 4.98 Å². The van der Waals surface area contributed by atoms with Gasteiger partial charge < -0.3 is 10.6 Å². The van der Waals surface area contributed by atoms with Crippen molar-refractivity contribution in [1.82, 2.24) is 29.7 Å². The van der Waals surface area contributed by atoms with Crippen molar-refractivity contribution < 1.29 is 0 Å². The van der Waals surface area contributed by atoms with Crippen molar-refractivity contribution in [3.05, 3.63) is 12.7 Å². The smallest absolute Gasteiger partial charge is 0.258 e. The third-order valence-corrected chi connectivity index (χ3v) is 3.88. The first-order valence-electron chi connectivity index (χ1n) is 6.78. The number of hydrogen-bond acceptors (Lipinski definition) is 7. The highest BCUT2D eigenvalue weighted by molar-refractivity contribution is 5.39. The number of piperidine rings is 1. The van der Waals surface area contributed by atoms with Crippen molar-refractivity contribution in [1.29, 1.82) is 0 Å². The van der Waals surface area contributed by atoms with Crippen LogP contribution in [0, 0.1) is 5.92 Å². The number of aromatic nitrogens is 6. The Morgan fingerprint density at radius 2 is 2.00 bits per heavy atom. The van der Waals surface area contributed by atoms with Crippen LogP contribution in [-0.4, -0.2) is 42.3 Å². The quantitative estimate of drug-likeness (QED) is 0.858. The van der Waals surface area contributed by atoms with E-state index in [1.807, 2.05) is 0 Å². The van der Waals surface area contributed by atoms with Gasteiger partial charge in [-0.15, -0.1) is 0 Å². The van der Waals surface area contributed by atoms with Gasteiger partial charge in [-0.2, -0.15) is 24.7 Å². The molecule has 1 aliphatic rings. The maximum atomic E-state index is 5.80. The van der Waals surface area contributed by atoms with Crippen molar-refractivity contribution in [3.8, 4) is 5.95 Å². The number of anilines is 2. The summed E-state index contributed by atoms with van der Waals surface area (Å²) in [5.74, 6) is 1.82. The first-order valence-corrected chi connectivity index (χ1v) is 6.78. The molecule has 1 fully saturated rings. The minimum absolute atomic E-state index is 0.200. The molecule has 0 bridgehead atoms. The molecule has 3 rings (SSSR count). The predicted octanol–water partition coefficient (Wildman–Crippen LogP) is 0.659. The summed E-state index contributed by atoms with van der Waals surface area (Å²) in [4.78, 5) is 18.9. The normalized spacial score (nSPS) is 23.0. The Balaban J connectivity index is 1.97. The summed E-state index contributed by atoms with van der Waals surface area (Å²) in [6.45, 7) is 5.38. The van der Waals surface area contributed by atoms with Crippen LogP contribution in [0.4, 0.5) is 11.9 Å². The Hall–Kier alpha value is -2.25. The number of rotatable bonds is 2. The van der Waals surface area contributed by atoms with Crippen LogP contribution in [0.3, 0.4) is 0 Å². The van der Waals surface area contributed by atoms with Gasteiger partial charge in [0.1, 0.15) is 12.7 Å². The van der Waals surface area contributed by atoms with Crippen LogP contribution in [0.5, 0.6) is 0 Å². The highest BCUT2D eigenvalue weighted by atomic mass is 15.4. The maximum absolute atomic E-state index is 5.80. The molecule has 2 N–H and O–H groups in total. The van der Waals surface area contributed by atoms with Crippen molar-refractivity contribution in [2.45, 2.75) is 32.7 Å². The summed E-state index contributed by atoms with van der Waals surface area (Å²) in [6, 6.07) is 0.383. The molecule has 2 aromatic rings. The van der Waals surface area contributed by atoms with Crippen LogP contribution < -0.4 is 10.6 Å². The molecule has 1 saturated heterocycles. The Labute approximate surface area is 117 Å². The molecule has 0 saturated carbocycles. The third-order valence-electron chi connectivity index (χ3n) is 3.88. The standard InChI is InChI=1S/C12H18N8/c1-8-4-3-5-19(9(8)2)11-16-10(13)17-12(18-11)20-7-14-6-15-20/h6-9H,3-5H2,1-2H3,(H2,13,16,17,18). The lowest BCUT2D eigenvalue weighted by molar-refractivity contribution is 0.359. The number of nitrogens with two attached hydrogens (primary N) is 1. The zero-order valence-corrected chi connectivity index (χ0v) is 11.6. The lowest BCUT2D eigenvalue weighted by Crippen LogP contribution is -2.43. The van der Waals surface area contributed by atoms with Crippen LogP contribution in [0.1, 0.15) is 26.7 Å². The zero-order chi connectivity index (χ0) is 14.1. The fourth-order valence-corrected chi connectivity index (χ4v) is 2.53. The second-order valence-corrected chi connectivity index (χ2v) is 5.19. The SMILES string of the molecule is CC1CCCN(c2nc(N)nc(-n3cncn3)n2)C1C. The van der Waals surface area contributed by atoms with Gasteiger partial charge in [0.2, 0.25) is 11.9 Å². The van der Waals surface area contributed by atoms with E-state index in [0.717, 1.165) is 13.0 Å². The summed E-state index contributed by atoms with van der Waals surface area (Å²) < 4.78 is 1.49. The molecule has 20 heavy (non-hydrogen) atoms. The molecule has 0 aliphatic carbocycles. The van der Waals surface area contributed by atoms with Gasteiger partial charge in [0.15, 0.2) is 0 Å². The van der Waals surface area contributed by atoms with Gasteiger partial charge in [-0.05, 0) is 25.7 Å². The first-order chi connectivity index (χ1) is 9.65. The first kappa shape index (κ1) is 12.8. The molecule has 0 amide bonds. The third kappa shape index (κ3) is 2.28. The van der Waals surface area contributed by atoms with Gasteiger partial charge in [0.05, 0.1) is 0 Å². The Morgan fingerprint density at radius 3 is 2.75 bits per heavy atom. The Bertz CT molecular complexity index is 581. The van der Waals surface area contributed by atoms with Gasteiger partial charge >= 0.3 is 0 Å². The Kier molecular flexibility index (Phi) is 3.21. The van der Waals surface area contributed by atoms with Crippen LogP contribution in [0.15, 0.2) is 12.7 Å². The second-order valence-electron chi connectivity index (χ2n) is 5.19. The molecule has 1 aliphatic heterocycles. The molecular formula is C12H18N8. The number of nitrogen functional groups attached to an aromatic ring is 1. The van der Waals surface area contributed by atoms with Crippen LogP contribution in [-0.2, 0) is 0 Å². The summed E-state index contributed by atoms with van der Waals surface area (Å²) in [5, 5.41) is 4.03. The summed E-state index contributed by atoms with van der Waals surface area (Å²) in [7, 11) is 0. The van der Waals surface area contributed by atoms with E-state index >= 15 is 0 Å². The minimum atomic E-state index is 0.200. The fourth-order valence-electron chi connectivity index (χ4n) is 2.53. The lowest BCUT2D eigenvalue weighted by Gasteiger charge is -2.37. The molecular weight excluding hydrogens is 256 g/mol. The molecule has 0 radical (unpaired) electrons. The number of hydrogen-bond donors (Lipinski definition) is 1. The molecule has 106 valence electrons. The second kappa shape index (κ2) is 5.03. The van der Waals surface area contributed by atoms with Gasteiger partial charge in [-0.1, -0.05) is 6.92 Å². The summed E-state index contributed by atoms with van der Waals surface area (Å²) in [5.41, 5.74) is 5.80. The highest BCUT2D eigenvalue weighted by Crippen LogP contribution is 2.26. The summed E-state index contributed by atoms with van der Waals surface area (Å²) in [6.07, 6.45) is 5.34. The van der Waals surface area contributed by atoms with E-state index in [0.29, 0.717) is 23.9 Å². The molecule has 0 spiro atoms. The van der Waals surface area contributed by atoms with Crippen molar-refractivity contribution in [3.63, 3.8) is 0 Å². The van der Waals surface area contributed by atoms with Gasteiger partial charge in [0.25, 0.3) is 5.95 Å². The largest absolute Gasteiger partial charge is 0.368 e. The lowest BCUT2D eigenvalue weighted by atomic mass is 9.92. The molecule has 3 heterocycles. The van der Waals surface area contributed by atoms with Crippen molar-refractivity contribution in [2.75, 3.05) is 17.2 Å². The average molecular weight is 274 g/mol. The van der Waals surface area contributed by atoms with E-state index in [-0.39, 0.29) is 5.95 Å². The molecule has 8 heteroatoms. The predicted molar refractivity (Wildman–Crippen MR) is 74.4 cm³/mol. The van der Waals surface area contributed by atoms with Crippen molar-refractivity contribution >= 4 is 11.9 Å². The molecule has 8 nitrogen and oxygen atoms in total. The zero-order valence-electron chi connectivity index (χ0n) is 11.6. The van der Waals surface area contributed by atoms with E-state index in [2.05, 4.69) is 43.8 Å². The minimum Gasteiger partial charge on any atom is -0.368 e. The summed E-state index contributed by atoms with van der Waals surface area (Å²) >= 11 is 0. The Morgan fingerprint density at radius 1 is 1.20 bits per heavy atom. The topological polar surface area (TPSA) is 98.6 Å². The number of nitrogens with zero attached hydrogens (tertiary/aromatic N) is 7. The van der Waals surface area contributed by atoms with E-state index in [4.69, 9.17) is 5.73 Å². The monoisotopic (exact) mass is 274 g/mol. The molecule has 0 aromatic carbocycles.